The molecule has 0 radical (unpaired) electrons. The van der Waals surface area contributed by atoms with Crippen LogP contribution in [-0.4, -0.2) is 37.4 Å². The molecule has 6 nitrogen and oxygen atoms in total. The third-order valence-electron chi connectivity index (χ3n) is 4.03. The van der Waals surface area contributed by atoms with Gasteiger partial charge in [0.05, 0.1) is 12.6 Å². The van der Waals surface area contributed by atoms with Crippen LogP contribution in [0.3, 0.4) is 0 Å². The molecule has 1 saturated heterocycles. The van der Waals surface area contributed by atoms with Gasteiger partial charge in [-0.1, -0.05) is 11.6 Å². The molecule has 0 amide bonds. The zero-order valence-corrected chi connectivity index (χ0v) is 12.1. The first kappa shape index (κ1) is 13.3. The summed E-state index contributed by atoms with van der Waals surface area (Å²) in [5, 5.41) is 8.22. The molecule has 0 bridgehead atoms. The van der Waals surface area contributed by atoms with E-state index in [-0.39, 0.29) is 6.04 Å². The molecule has 1 fully saturated rings. The molecule has 6 heteroatoms. The molecule has 0 saturated carbocycles. The molecule has 2 atom stereocenters. The molecule has 0 spiro atoms. The molecular weight excluding hydrogens is 254 g/mol. The fraction of sp³-hybridized carbons (Fsp3) is 0.643. The Kier molecular flexibility index (Phi) is 3.82. The number of hydrogen-bond donors (Lipinski definition) is 0. The Bertz CT molecular complexity index is 536. The maximum absolute atomic E-state index is 5.34. The van der Waals surface area contributed by atoms with Gasteiger partial charge >= 0.3 is 0 Å². The van der Waals surface area contributed by atoms with Crippen molar-refractivity contribution >= 4 is 0 Å². The summed E-state index contributed by atoms with van der Waals surface area (Å²) in [4.78, 5) is 6.85. The van der Waals surface area contributed by atoms with Gasteiger partial charge in [0.1, 0.15) is 0 Å². The van der Waals surface area contributed by atoms with Gasteiger partial charge in [-0.25, -0.2) is 0 Å². The van der Waals surface area contributed by atoms with Crippen molar-refractivity contribution < 1.29 is 4.52 Å². The summed E-state index contributed by atoms with van der Waals surface area (Å²) in [5.41, 5.74) is 0. The van der Waals surface area contributed by atoms with E-state index < -0.39 is 0 Å². The number of rotatable bonds is 4. The van der Waals surface area contributed by atoms with Crippen molar-refractivity contribution in [1.82, 2.24) is 24.8 Å². The van der Waals surface area contributed by atoms with Gasteiger partial charge in [0.25, 0.3) is 0 Å². The second kappa shape index (κ2) is 5.75. The minimum atomic E-state index is 0.164. The predicted molar refractivity (Wildman–Crippen MR) is 74.0 cm³/mol. The number of nitrogens with zero attached hydrogens (tertiary/aromatic N) is 5. The van der Waals surface area contributed by atoms with Gasteiger partial charge in [-0.15, -0.1) is 0 Å². The van der Waals surface area contributed by atoms with Crippen molar-refractivity contribution in [2.75, 3.05) is 6.54 Å². The molecule has 1 aliphatic heterocycles. The van der Waals surface area contributed by atoms with E-state index >= 15 is 0 Å². The van der Waals surface area contributed by atoms with Crippen LogP contribution < -0.4 is 0 Å². The summed E-state index contributed by atoms with van der Waals surface area (Å²) in [6.07, 6.45) is 7.55. The molecule has 108 valence electrons. The van der Waals surface area contributed by atoms with Gasteiger partial charge in [0, 0.05) is 18.4 Å². The van der Waals surface area contributed by atoms with E-state index in [0.29, 0.717) is 11.9 Å². The molecule has 1 aliphatic rings. The average molecular weight is 275 g/mol. The van der Waals surface area contributed by atoms with Crippen LogP contribution in [0.4, 0.5) is 0 Å². The zero-order chi connectivity index (χ0) is 13.9. The molecule has 20 heavy (non-hydrogen) atoms. The van der Waals surface area contributed by atoms with Crippen LogP contribution in [-0.2, 0) is 6.54 Å². The van der Waals surface area contributed by atoms with Gasteiger partial charge in [-0.2, -0.15) is 10.1 Å². The summed E-state index contributed by atoms with van der Waals surface area (Å²) in [7, 11) is 0. The molecule has 3 rings (SSSR count). The molecule has 0 unspecified atom stereocenters. The van der Waals surface area contributed by atoms with Gasteiger partial charge in [-0.05, 0) is 39.3 Å². The monoisotopic (exact) mass is 275 g/mol. The fourth-order valence-corrected chi connectivity index (χ4v) is 2.98. The molecule has 0 N–H and O–H groups in total. The molecule has 0 aromatic carbocycles. The van der Waals surface area contributed by atoms with E-state index in [0.717, 1.165) is 19.0 Å². The van der Waals surface area contributed by atoms with Gasteiger partial charge in [0.15, 0.2) is 5.82 Å². The van der Waals surface area contributed by atoms with Crippen molar-refractivity contribution in [1.29, 1.82) is 0 Å². The van der Waals surface area contributed by atoms with E-state index in [4.69, 9.17) is 4.52 Å². The standard InChI is InChI=1S/C14H21N5O/c1-11(14-16-12(2)17-20-14)19-9-4-3-6-13(19)10-18-8-5-7-15-18/h5,7-8,11,13H,3-4,6,9-10H2,1-2H3/t11-,13-/m1/s1. The van der Waals surface area contributed by atoms with Crippen LogP contribution in [0.2, 0.25) is 0 Å². The number of piperidine rings is 1. The predicted octanol–water partition coefficient (Wildman–Crippen LogP) is 2.19. The first-order valence-electron chi connectivity index (χ1n) is 7.27. The lowest BCUT2D eigenvalue weighted by atomic mass is 10.00. The van der Waals surface area contributed by atoms with Crippen LogP contribution in [0.25, 0.3) is 0 Å². The Hall–Kier alpha value is -1.69. The first-order valence-corrected chi connectivity index (χ1v) is 7.27. The SMILES string of the molecule is Cc1noc([C@@H](C)N2CCCC[C@@H]2Cn2cccn2)n1. The lowest BCUT2D eigenvalue weighted by Gasteiger charge is -2.38. The van der Waals surface area contributed by atoms with Crippen LogP contribution in [0.15, 0.2) is 23.0 Å². The molecule has 3 heterocycles. The fourth-order valence-electron chi connectivity index (χ4n) is 2.98. The quantitative estimate of drug-likeness (QED) is 0.856. The number of likely N-dealkylation sites (tertiary alicyclic amines) is 1. The lowest BCUT2D eigenvalue weighted by Crippen LogP contribution is -2.43. The van der Waals surface area contributed by atoms with Crippen molar-refractivity contribution in [3.05, 3.63) is 30.2 Å². The van der Waals surface area contributed by atoms with E-state index in [2.05, 4.69) is 27.1 Å². The Balaban J connectivity index is 1.74. The number of aryl methyl sites for hydroxylation is 1. The normalized spacial score (nSPS) is 22.0. The molecular formula is C14H21N5O. The summed E-state index contributed by atoms with van der Waals surface area (Å²) in [6, 6.07) is 2.61. The van der Waals surface area contributed by atoms with Gasteiger partial charge in [-0.3, -0.25) is 9.58 Å². The largest absolute Gasteiger partial charge is 0.338 e. The minimum absolute atomic E-state index is 0.164. The van der Waals surface area contributed by atoms with E-state index in [9.17, 15) is 0 Å². The highest BCUT2D eigenvalue weighted by molar-refractivity contribution is 4.94. The maximum Gasteiger partial charge on any atom is 0.243 e. The average Bonchev–Trinajstić information content (AvgIpc) is 3.10. The highest BCUT2D eigenvalue weighted by Crippen LogP contribution is 2.28. The molecule has 2 aromatic rings. The second-order valence-electron chi connectivity index (χ2n) is 5.47. The second-order valence-corrected chi connectivity index (χ2v) is 5.47. The van der Waals surface area contributed by atoms with Gasteiger partial charge in [0.2, 0.25) is 5.89 Å². The van der Waals surface area contributed by atoms with Crippen LogP contribution in [0.5, 0.6) is 0 Å². The molecule has 2 aromatic heterocycles. The minimum Gasteiger partial charge on any atom is -0.338 e. The van der Waals surface area contributed by atoms with E-state index in [1.807, 2.05) is 30.1 Å². The smallest absolute Gasteiger partial charge is 0.243 e. The van der Waals surface area contributed by atoms with Crippen molar-refractivity contribution in [3.63, 3.8) is 0 Å². The molecule has 0 aliphatic carbocycles. The van der Waals surface area contributed by atoms with Crippen LogP contribution in [0, 0.1) is 6.92 Å². The number of hydrogen-bond acceptors (Lipinski definition) is 5. The van der Waals surface area contributed by atoms with E-state index in [1.54, 1.807) is 0 Å². The summed E-state index contributed by atoms with van der Waals surface area (Å²) in [5.74, 6) is 1.42. The summed E-state index contributed by atoms with van der Waals surface area (Å²) >= 11 is 0. The highest BCUT2D eigenvalue weighted by Gasteiger charge is 2.30. The summed E-state index contributed by atoms with van der Waals surface area (Å²) < 4.78 is 7.35. The van der Waals surface area contributed by atoms with Gasteiger partial charge < -0.3 is 4.52 Å². The van der Waals surface area contributed by atoms with E-state index in [1.165, 1.54) is 19.3 Å². The van der Waals surface area contributed by atoms with Crippen LogP contribution in [0.1, 0.15) is 43.9 Å². The van der Waals surface area contributed by atoms with Crippen molar-refractivity contribution in [3.8, 4) is 0 Å². The summed E-state index contributed by atoms with van der Waals surface area (Å²) in [6.45, 7) is 6.00. The Morgan fingerprint density at radius 1 is 1.45 bits per heavy atom. The first-order chi connectivity index (χ1) is 9.74. The third kappa shape index (κ3) is 2.75. The Morgan fingerprint density at radius 2 is 2.35 bits per heavy atom. The Labute approximate surface area is 118 Å². The maximum atomic E-state index is 5.34. The highest BCUT2D eigenvalue weighted by atomic mass is 16.5. The Morgan fingerprint density at radius 3 is 3.05 bits per heavy atom. The topological polar surface area (TPSA) is 60.0 Å². The number of aromatic nitrogens is 4. The van der Waals surface area contributed by atoms with Crippen LogP contribution >= 0.6 is 0 Å². The zero-order valence-electron chi connectivity index (χ0n) is 12.1. The lowest BCUT2D eigenvalue weighted by molar-refractivity contribution is 0.0719. The van der Waals surface area contributed by atoms with Crippen molar-refractivity contribution in [2.24, 2.45) is 0 Å². The van der Waals surface area contributed by atoms with Crippen molar-refractivity contribution in [2.45, 2.75) is 51.7 Å². The third-order valence-corrected chi connectivity index (χ3v) is 4.03.